The Kier molecular flexibility index (Phi) is 2.51. The van der Waals surface area contributed by atoms with Crippen molar-refractivity contribution in [1.29, 1.82) is 0 Å². The molecule has 1 atom stereocenters. The molecule has 1 heteroatoms. The molecule has 0 aliphatic heterocycles. The minimum atomic E-state index is 0.977. The molecule has 1 unspecified atom stereocenters. The molecule has 0 aliphatic rings. The van der Waals surface area contributed by atoms with Crippen molar-refractivity contribution in [3.05, 3.63) is 55.1 Å². The number of quaternary nitrogens is 1. The highest BCUT2D eigenvalue weighted by Gasteiger charge is 1.96. The average Bonchev–Trinajstić information content (AvgIpc) is 2.17. The van der Waals surface area contributed by atoms with Gasteiger partial charge in [0.25, 0.3) is 0 Å². The summed E-state index contributed by atoms with van der Waals surface area (Å²) in [5.74, 6) is 0. The molecule has 2 aromatic rings. The Balaban J connectivity index is 2.41. The molecule has 0 aliphatic carbocycles. The van der Waals surface area contributed by atoms with Crippen molar-refractivity contribution < 1.29 is 4.90 Å². The lowest BCUT2D eigenvalue weighted by Gasteiger charge is -2.14. The molecule has 2 aromatic carbocycles. The summed E-state index contributed by atoms with van der Waals surface area (Å²) >= 11 is 0. The first-order chi connectivity index (χ1) is 6.75. The Morgan fingerprint density at radius 2 is 1.79 bits per heavy atom. The molecule has 0 saturated carbocycles. The van der Waals surface area contributed by atoms with Crippen molar-refractivity contribution >= 4 is 10.8 Å². The van der Waals surface area contributed by atoms with Gasteiger partial charge in [-0.25, -0.2) is 0 Å². The van der Waals surface area contributed by atoms with Gasteiger partial charge in [-0.2, -0.15) is 7.05 Å². The van der Waals surface area contributed by atoms with Crippen molar-refractivity contribution in [3.63, 3.8) is 0 Å². The predicted molar refractivity (Wildman–Crippen MR) is 59.9 cm³/mol. The molecular formula is C13H15N. The Morgan fingerprint density at radius 3 is 2.50 bits per heavy atom. The smallest absolute Gasteiger partial charge is 0.0786 e. The third-order valence-electron chi connectivity index (χ3n) is 2.32. The summed E-state index contributed by atoms with van der Waals surface area (Å²) < 4.78 is 0. The minimum absolute atomic E-state index is 0.977. The largest absolute Gasteiger partial charge is 0.467 e. The maximum atomic E-state index is 3.93. The normalized spacial score (nSPS) is 13.0. The molecule has 72 valence electrons. The zero-order chi connectivity index (χ0) is 9.97. The number of hydrogen-bond donors (Lipinski definition) is 1. The fraction of sp³-hybridized carbons (Fsp3) is 0.154. The lowest BCUT2D eigenvalue weighted by atomic mass is 10.1. The molecule has 0 bridgehead atoms. The van der Waals surface area contributed by atoms with E-state index < -0.39 is 0 Å². The van der Waals surface area contributed by atoms with Gasteiger partial charge in [0.2, 0.25) is 0 Å². The minimum Gasteiger partial charge on any atom is -0.467 e. The van der Waals surface area contributed by atoms with Crippen LogP contribution in [0, 0.1) is 7.05 Å². The van der Waals surface area contributed by atoms with Crippen molar-refractivity contribution in [2.45, 2.75) is 6.54 Å². The molecule has 2 rings (SSSR count). The second-order valence-electron chi connectivity index (χ2n) is 3.82. The van der Waals surface area contributed by atoms with Crippen LogP contribution in [0.3, 0.4) is 0 Å². The molecule has 0 spiro atoms. The van der Waals surface area contributed by atoms with E-state index in [2.05, 4.69) is 56.6 Å². The first-order valence-corrected chi connectivity index (χ1v) is 4.88. The van der Waals surface area contributed by atoms with E-state index in [9.17, 15) is 0 Å². The van der Waals surface area contributed by atoms with Crippen LogP contribution in [0.4, 0.5) is 0 Å². The summed E-state index contributed by atoms with van der Waals surface area (Å²) in [6.45, 7) is 0.977. The highest BCUT2D eigenvalue weighted by atomic mass is 15.0. The zero-order valence-electron chi connectivity index (χ0n) is 8.46. The maximum Gasteiger partial charge on any atom is 0.0786 e. The molecule has 0 fully saturated rings. The van der Waals surface area contributed by atoms with Crippen LogP contribution in [0.15, 0.2) is 42.5 Å². The fourth-order valence-corrected chi connectivity index (χ4v) is 1.70. The number of fused-ring (bicyclic) bond motifs is 1. The van der Waals surface area contributed by atoms with Crippen molar-refractivity contribution in [3.8, 4) is 0 Å². The van der Waals surface area contributed by atoms with Gasteiger partial charge in [0.1, 0.15) is 0 Å². The van der Waals surface area contributed by atoms with Gasteiger partial charge in [-0.3, -0.25) is 0 Å². The zero-order valence-corrected chi connectivity index (χ0v) is 8.46. The standard InChI is InChI=1S/C13H15N/c1-14(2)10-11-7-8-12-5-3-4-6-13(12)9-11/h3-9,14H,1,10H2,2H3. The summed E-state index contributed by atoms with van der Waals surface area (Å²) in [6, 6.07) is 15.0. The highest BCUT2D eigenvalue weighted by molar-refractivity contribution is 5.82. The van der Waals surface area contributed by atoms with Crippen LogP contribution < -0.4 is 4.90 Å². The summed E-state index contributed by atoms with van der Waals surface area (Å²) in [6.07, 6.45) is 0. The number of rotatable bonds is 2. The van der Waals surface area contributed by atoms with Crippen LogP contribution in [0.2, 0.25) is 0 Å². The van der Waals surface area contributed by atoms with Crippen LogP contribution in [0.1, 0.15) is 5.56 Å². The van der Waals surface area contributed by atoms with Crippen LogP contribution >= 0.6 is 0 Å². The van der Waals surface area contributed by atoms with Crippen LogP contribution in [-0.4, -0.2) is 7.05 Å². The van der Waals surface area contributed by atoms with Gasteiger partial charge in [0.15, 0.2) is 0 Å². The quantitative estimate of drug-likeness (QED) is 0.678. The maximum absolute atomic E-state index is 3.93. The van der Waals surface area contributed by atoms with E-state index in [1.54, 1.807) is 0 Å². The molecular weight excluding hydrogens is 170 g/mol. The molecule has 0 heterocycles. The predicted octanol–water partition coefficient (Wildman–Crippen LogP) is 1.65. The van der Waals surface area contributed by atoms with Crippen LogP contribution in [0.25, 0.3) is 10.8 Å². The van der Waals surface area contributed by atoms with Crippen LogP contribution in [-0.2, 0) is 6.54 Å². The van der Waals surface area contributed by atoms with E-state index >= 15 is 0 Å². The Morgan fingerprint density at radius 1 is 1.07 bits per heavy atom. The van der Waals surface area contributed by atoms with Gasteiger partial charge >= 0.3 is 0 Å². The first kappa shape index (κ1) is 9.22. The lowest BCUT2D eigenvalue weighted by molar-refractivity contribution is -0.846. The van der Waals surface area contributed by atoms with E-state index in [1.807, 2.05) is 0 Å². The van der Waals surface area contributed by atoms with Crippen molar-refractivity contribution in [2.75, 3.05) is 7.05 Å². The molecule has 0 aromatic heterocycles. The third kappa shape index (κ3) is 1.94. The highest BCUT2D eigenvalue weighted by Crippen LogP contribution is 2.14. The topological polar surface area (TPSA) is 4.44 Å². The third-order valence-corrected chi connectivity index (χ3v) is 2.32. The molecule has 1 N–H and O–H groups in total. The number of nitrogens with one attached hydrogen (secondary N) is 1. The SMILES string of the molecule is [CH2-][NH+](C)Cc1ccc2ccccc2c1. The molecule has 1 nitrogen and oxygen atoms in total. The molecule has 14 heavy (non-hydrogen) atoms. The second kappa shape index (κ2) is 3.81. The second-order valence-corrected chi connectivity index (χ2v) is 3.82. The average molecular weight is 185 g/mol. The van der Waals surface area contributed by atoms with Gasteiger partial charge < -0.3 is 4.90 Å². The van der Waals surface area contributed by atoms with E-state index in [4.69, 9.17) is 0 Å². The first-order valence-electron chi connectivity index (χ1n) is 4.88. The Hall–Kier alpha value is -1.34. The van der Waals surface area contributed by atoms with Crippen LogP contribution in [0.5, 0.6) is 0 Å². The van der Waals surface area contributed by atoms with E-state index in [1.165, 1.54) is 21.2 Å². The Bertz CT molecular complexity index is 432. The van der Waals surface area contributed by atoms with Crippen molar-refractivity contribution in [2.24, 2.45) is 0 Å². The van der Waals surface area contributed by atoms with Gasteiger partial charge in [0.05, 0.1) is 6.54 Å². The number of hydrogen-bond acceptors (Lipinski definition) is 0. The monoisotopic (exact) mass is 185 g/mol. The van der Waals surface area contributed by atoms with Gasteiger partial charge in [0, 0.05) is 12.6 Å². The van der Waals surface area contributed by atoms with Gasteiger partial charge in [-0.1, -0.05) is 36.4 Å². The summed E-state index contributed by atoms with van der Waals surface area (Å²) in [5, 5.41) is 2.62. The summed E-state index contributed by atoms with van der Waals surface area (Å²) in [5.41, 5.74) is 1.34. The van der Waals surface area contributed by atoms with E-state index in [0.717, 1.165) is 6.54 Å². The van der Waals surface area contributed by atoms with Crippen molar-refractivity contribution in [1.82, 2.24) is 0 Å². The van der Waals surface area contributed by atoms with E-state index in [-0.39, 0.29) is 0 Å². The van der Waals surface area contributed by atoms with E-state index in [0.29, 0.717) is 0 Å². The Labute approximate surface area is 85.0 Å². The molecule has 0 saturated heterocycles. The lowest BCUT2D eigenvalue weighted by Crippen LogP contribution is -3.01. The summed E-state index contributed by atoms with van der Waals surface area (Å²) in [4.78, 5) is 1.21. The number of benzene rings is 2. The summed E-state index contributed by atoms with van der Waals surface area (Å²) in [7, 11) is 6.00. The molecule has 0 amide bonds. The fourth-order valence-electron chi connectivity index (χ4n) is 1.70. The molecule has 0 radical (unpaired) electrons. The van der Waals surface area contributed by atoms with Gasteiger partial charge in [-0.05, 0) is 16.8 Å². The van der Waals surface area contributed by atoms with Gasteiger partial charge in [-0.15, -0.1) is 0 Å².